The first-order chi connectivity index (χ1) is 10.5. The van der Waals surface area contributed by atoms with Crippen LogP contribution in [0.15, 0.2) is 28.7 Å². The van der Waals surface area contributed by atoms with Gasteiger partial charge >= 0.3 is 0 Å². The molecule has 3 rings (SSSR count). The number of rotatable bonds is 3. The largest absolute Gasteiger partial charge is 0.508 e. The van der Waals surface area contributed by atoms with Gasteiger partial charge in [0, 0.05) is 22.6 Å². The lowest BCUT2D eigenvalue weighted by Crippen LogP contribution is -2.20. The summed E-state index contributed by atoms with van der Waals surface area (Å²) in [4.78, 5) is 0. The summed E-state index contributed by atoms with van der Waals surface area (Å²) in [5.41, 5.74) is 1.51. The second-order valence-corrected chi connectivity index (χ2v) is 6.16. The van der Waals surface area contributed by atoms with Gasteiger partial charge in [-0.1, -0.05) is 15.9 Å². The average molecular weight is 372 g/mol. The molecule has 0 bridgehead atoms. The van der Waals surface area contributed by atoms with Crippen LogP contribution >= 0.6 is 15.9 Å². The molecular weight excluding hydrogens is 359 g/mol. The predicted octanol–water partition coefficient (Wildman–Crippen LogP) is 4.35. The normalized spacial score (nSPS) is 16.8. The highest BCUT2D eigenvalue weighted by molar-refractivity contribution is 9.10. The molecule has 0 amide bonds. The molecular formula is C16H13BrF3NO. The zero-order valence-corrected chi connectivity index (χ0v) is 13.1. The van der Waals surface area contributed by atoms with Crippen molar-refractivity contribution in [1.29, 1.82) is 0 Å². The molecule has 0 spiro atoms. The maximum atomic E-state index is 14.0. The fourth-order valence-electron chi connectivity index (χ4n) is 2.82. The molecule has 116 valence electrons. The number of halogens is 4. The first-order valence-electron chi connectivity index (χ1n) is 6.84. The van der Waals surface area contributed by atoms with Crippen LogP contribution in [0.1, 0.15) is 29.2 Å². The van der Waals surface area contributed by atoms with Gasteiger partial charge in [0.25, 0.3) is 0 Å². The number of nitrogens with one attached hydrogen (secondary N) is 1. The van der Waals surface area contributed by atoms with Crippen molar-refractivity contribution >= 4 is 15.9 Å². The van der Waals surface area contributed by atoms with Gasteiger partial charge in [-0.25, -0.2) is 13.2 Å². The maximum absolute atomic E-state index is 14.0. The van der Waals surface area contributed by atoms with Crippen molar-refractivity contribution in [2.45, 2.75) is 25.4 Å². The smallest absolute Gasteiger partial charge is 0.194 e. The summed E-state index contributed by atoms with van der Waals surface area (Å²) < 4.78 is 41.4. The van der Waals surface area contributed by atoms with Crippen molar-refractivity contribution in [3.05, 3.63) is 62.9 Å². The fourth-order valence-corrected chi connectivity index (χ4v) is 3.21. The molecule has 1 aliphatic carbocycles. The summed E-state index contributed by atoms with van der Waals surface area (Å²) in [6.45, 7) is 0.373. The molecule has 0 aliphatic heterocycles. The van der Waals surface area contributed by atoms with Crippen molar-refractivity contribution < 1.29 is 18.3 Å². The molecule has 2 aromatic carbocycles. The lowest BCUT2D eigenvalue weighted by atomic mass is 10.1. The number of benzene rings is 2. The molecule has 0 radical (unpaired) electrons. The van der Waals surface area contributed by atoms with E-state index in [4.69, 9.17) is 0 Å². The number of aromatic hydroxyl groups is 1. The van der Waals surface area contributed by atoms with E-state index in [-0.39, 0.29) is 17.4 Å². The molecule has 1 atom stereocenters. The third-order valence-corrected chi connectivity index (χ3v) is 4.68. The molecule has 6 heteroatoms. The summed E-state index contributed by atoms with van der Waals surface area (Å²) in [5.74, 6) is -3.55. The van der Waals surface area contributed by atoms with Crippen LogP contribution < -0.4 is 5.32 Å². The monoisotopic (exact) mass is 371 g/mol. The van der Waals surface area contributed by atoms with E-state index in [9.17, 15) is 18.3 Å². The van der Waals surface area contributed by atoms with Crippen molar-refractivity contribution in [3.8, 4) is 5.75 Å². The lowest BCUT2D eigenvalue weighted by molar-refractivity contribution is 0.428. The zero-order valence-electron chi connectivity index (χ0n) is 11.5. The van der Waals surface area contributed by atoms with Gasteiger partial charge in [0.15, 0.2) is 17.5 Å². The number of hydrogen-bond donors (Lipinski definition) is 2. The summed E-state index contributed by atoms with van der Waals surface area (Å²) in [6, 6.07) is 5.55. The molecule has 2 nitrogen and oxygen atoms in total. The van der Waals surface area contributed by atoms with Crippen LogP contribution in [0.4, 0.5) is 13.2 Å². The fraction of sp³-hybridized carbons (Fsp3) is 0.250. The summed E-state index contributed by atoms with van der Waals surface area (Å²) in [7, 11) is 0. The summed E-state index contributed by atoms with van der Waals surface area (Å²) >= 11 is 3.37. The Kier molecular flexibility index (Phi) is 4.14. The Bertz CT molecular complexity index is 736. The second-order valence-electron chi connectivity index (χ2n) is 5.31. The first kappa shape index (κ1) is 15.4. The Hall–Kier alpha value is -1.53. The molecule has 2 aromatic rings. The molecule has 0 heterocycles. The minimum atomic E-state index is -1.43. The third-order valence-electron chi connectivity index (χ3n) is 3.90. The van der Waals surface area contributed by atoms with E-state index in [1.165, 1.54) is 0 Å². The number of fused-ring (bicyclic) bond motifs is 1. The van der Waals surface area contributed by atoms with Gasteiger partial charge in [-0.3, -0.25) is 0 Å². The summed E-state index contributed by atoms with van der Waals surface area (Å²) in [5, 5.41) is 12.6. The Morgan fingerprint density at radius 3 is 2.73 bits per heavy atom. The van der Waals surface area contributed by atoms with E-state index in [2.05, 4.69) is 21.2 Å². The van der Waals surface area contributed by atoms with E-state index in [1.54, 1.807) is 18.2 Å². The third kappa shape index (κ3) is 2.73. The van der Waals surface area contributed by atoms with Gasteiger partial charge in [-0.05, 0) is 48.2 Å². The number of phenols is 1. The van der Waals surface area contributed by atoms with Gasteiger partial charge in [0.05, 0.1) is 0 Å². The highest BCUT2D eigenvalue weighted by Gasteiger charge is 2.29. The van der Waals surface area contributed by atoms with E-state index < -0.39 is 17.5 Å². The van der Waals surface area contributed by atoms with Crippen LogP contribution in [-0.2, 0) is 13.0 Å². The Morgan fingerprint density at radius 2 is 1.95 bits per heavy atom. The van der Waals surface area contributed by atoms with Gasteiger partial charge < -0.3 is 10.4 Å². The van der Waals surface area contributed by atoms with Crippen molar-refractivity contribution in [2.75, 3.05) is 0 Å². The SMILES string of the molecule is Oc1ccc(Br)c(CNC2CCc3cc(F)c(F)c(F)c32)c1. The molecule has 0 aromatic heterocycles. The van der Waals surface area contributed by atoms with Crippen LogP contribution in [0.2, 0.25) is 0 Å². The van der Waals surface area contributed by atoms with Gasteiger partial charge in [-0.15, -0.1) is 0 Å². The molecule has 0 saturated carbocycles. The van der Waals surface area contributed by atoms with E-state index in [0.29, 0.717) is 24.9 Å². The van der Waals surface area contributed by atoms with E-state index in [1.807, 2.05) is 0 Å². The summed E-state index contributed by atoms with van der Waals surface area (Å²) in [6.07, 6.45) is 1.08. The number of hydrogen-bond acceptors (Lipinski definition) is 2. The van der Waals surface area contributed by atoms with Gasteiger partial charge in [0.1, 0.15) is 5.75 Å². The molecule has 1 aliphatic rings. The first-order valence-corrected chi connectivity index (χ1v) is 7.63. The molecule has 2 N–H and O–H groups in total. The van der Waals surface area contributed by atoms with Crippen LogP contribution in [0, 0.1) is 17.5 Å². The van der Waals surface area contributed by atoms with E-state index >= 15 is 0 Å². The average Bonchev–Trinajstić information content (AvgIpc) is 2.88. The minimum Gasteiger partial charge on any atom is -0.508 e. The molecule has 1 unspecified atom stereocenters. The standard InChI is InChI=1S/C16H13BrF3NO/c17-11-3-2-10(22)5-9(11)7-21-13-4-1-8-6-12(18)15(19)16(20)14(8)13/h2-3,5-6,13,21-22H,1,4,7H2. The molecule has 0 fully saturated rings. The Morgan fingerprint density at radius 1 is 1.18 bits per heavy atom. The predicted molar refractivity (Wildman–Crippen MR) is 80.0 cm³/mol. The second kappa shape index (κ2) is 5.93. The van der Waals surface area contributed by atoms with Gasteiger partial charge in [0.2, 0.25) is 0 Å². The van der Waals surface area contributed by atoms with Crippen LogP contribution in [0.25, 0.3) is 0 Å². The number of aryl methyl sites for hydroxylation is 1. The van der Waals surface area contributed by atoms with Crippen molar-refractivity contribution in [1.82, 2.24) is 5.32 Å². The highest BCUT2D eigenvalue weighted by atomic mass is 79.9. The number of phenolic OH excluding ortho intramolecular Hbond substituents is 1. The van der Waals surface area contributed by atoms with Gasteiger partial charge in [-0.2, -0.15) is 0 Å². The molecule has 22 heavy (non-hydrogen) atoms. The topological polar surface area (TPSA) is 32.3 Å². The van der Waals surface area contributed by atoms with Crippen molar-refractivity contribution in [2.24, 2.45) is 0 Å². The van der Waals surface area contributed by atoms with Crippen LogP contribution in [0.5, 0.6) is 5.75 Å². The Labute approximate surface area is 134 Å². The molecule has 0 saturated heterocycles. The lowest BCUT2D eigenvalue weighted by Gasteiger charge is -2.16. The quantitative estimate of drug-likeness (QED) is 0.786. The maximum Gasteiger partial charge on any atom is 0.194 e. The van der Waals surface area contributed by atoms with E-state index in [0.717, 1.165) is 16.1 Å². The van der Waals surface area contributed by atoms with Crippen LogP contribution in [0.3, 0.4) is 0 Å². The van der Waals surface area contributed by atoms with Crippen molar-refractivity contribution in [3.63, 3.8) is 0 Å². The highest BCUT2D eigenvalue weighted by Crippen LogP contribution is 2.35. The van der Waals surface area contributed by atoms with Crippen LogP contribution in [-0.4, -0.2) is 5.11 Å². The minimum absolute atomic E-state index is 0.131. The Balaban J connectivity index is 1.83. The zero-order chi connectivity index (χ0) is 15.9.